The predicted octanol–water partition coefficient (Wildman–Crippen LogP) is 1.98. The lowest BCUT2D eigenvalue weighted by molar-refractivity contribution is -0.291. The lowest BCUT2D eigenvalue weighted by Crippen LogP contribution is -2.59. The predicted molar refractivity (Wildman–Crippen MR) is 225 cm³/mol. The van der Waals surface area contributed by atoms with Crippen molar-refractivity contribution in [3.63, 3.8) is 0 Å². The Morgan fingerprint density at radius 2 is 1.25 bits per heavy atom. The fraction of sp³-hybridized carbons (Fsp3) is 0.356. The van der Waals surface area contributed by atoms with Gasteiger partial charge in [0.25, 0.3) is 0 Å². The molecular formula is C45H50O19. The summed E-state index contributed by atoms with van der Waals surface area (Å²) < 4.78 is 26.9. The van der Waals surface area contributed by atoms with Gasteiger partial charge in [-0.3, -0.25) is 9.59 Å². The van der Waals surface area contributed by atoms with Crippen molar-refractivity contribution in [3.8, 4) is 23.0 Å². The minimum atomic E-state index is -1.96. The van der Waals surface area contributed by atoms with Crippen LogP contribution in [0, 0.1) is 0 Å². The number of phenols is 4. The van der Waals surface area contributed by atoms with E-state index in [0.717, 1.165) is 29.3 Å². The number of hydrogen-bond acceptors (Lipinski definition) is 19. The van der Waals surface area contributed by atoms with Gasteiger partial charge >= 0.3 is 11.9 Å². The molecule has 19 nitrogen and oxygen atoms in total. The largest absolute Gasteiger partial charge is 0.507 e. The molecule has 3 aromatic rings. The molecule has 19 heteroatoms. The Kier molecular flexibility index (Phi) is 16.1. The molecule has 64 heavy (non-hydrogen) atoms. The molecular weight excluding hydrogens is 844 g/mol. The molecule has 2 aliphatic rings. The number of benzene rings is 2. The van der Waals surface area contributed by atoms with E-state index in [0.29, 0.717) is 0 Å². The maximum absolute atomic E-state index is 13.3. The Balaban J connectivity index is 1.15. The quantitative estimate of drug-likeness (QED) is 0.0292. The summed E-state index contributed by atoms with van der Waals surface area (Å²) in [4.78, 5) is 38.7. The first-order chi connectivity index (χ1) is 30.2. The zero-order valence-corrected chi connectivity index (χ0v) is 34.9. The van der Waals surface area contributed by atoms with Crippen LogP contribution in [-0.2, 0) is 28.5 Å². The number of carbonyl (C=O) groups excluding carboxylic acids is 2. The molecule has 344 valence electrons. The monoisotopic (exact) mass is 894 g/mol. The minimum Gasteiger partial charge on any atom is -0.507 e. The van der Waals surface area contributed by atoms with Gasteiger partial charge in [-0.15, -0.1) is 0 Å². The number of fused-ring (bicyclic) bond motifs is 2. The first-order valence-corrected chi connectivity index (χ1v) is 19.7. The van der Waals surface area contributed by atoms with E-state index in [1.165, 1.54) is 26.0 Å². The summed E-state index contributed by atoms with van der Waals surface area (Å²) in [6.45, 7) is 5.93. The third-order valence-corrected chi connectivity index (χ3v) is 10.3. The van der Waals surface area contributed by atoms with E-state index in [9.17, 15) is 70.6 Å². The van der Waals surface area contributed by atoms with Crippen LogP contribution in [0.15, 0.2) is 111 Å². The van der Waals surface area contributed by atoms with Crippen LogP contribution in [0.1, 0.15) is 45.8 Å². The number of aromatic hydroxyl groups is 4. The summed E-state index contributed by atoms with van der Waals surface area (Å²) in [6.07, 6.45) is -0.710. The second-order valence-corrected chi connectivity index (χ2v) is 15.2. The minimum absolute atomic E-state index is 0.145. The van der Waals surface area contributed by atoms with Gasteiger partial charge in [-0.1, -0.05) is 65.8 Å². The van der Waals surface area contributed by atoms with Crippen LogP contribution >= 0.6 is 0 Å². The highest BCUT2D eigenvalue weighted by Crippen LogP contribution is 2.45. The Bertz CT molecular complexity index is 2510. The van der Waals surface area contributed by atoms with Gasteiger partial charge in [0.05, 0.1) is 30.1 Å². The van der Waals surface area contributed by atoms with Gasteiger partial charge < -0.3 is 79.5 Å². The molecule has 0 radical (unpaired) electrons. The van der Waals surface area contributed by atoms with Crippen molar-refractivity contribution in [2.75, 3.05) is 6.61 Å². The zero-order valence-electron chi connectivity index (χ0n) is 34.9. The summed E-state index contributed by atoms with van der Waals surface area (Å²) in [6, 6.07) is 2.82. The van der Waals surface area contributed by atoms with Crippen molar-refractivity contribution in [1.82, 2.24) is 0 Å². The van der Waals surface area contributed by atoms with Crippen molar-refractivity contribution in [2.24, 2.45) is 0 Å². The first-order valence-electron chi connectivity index (χ1n) is 19.7. The van der Waals surface area contributed by atoms with E-state index < -0.39 is 126 Å². The first kappa shape index (κ1) is 48.9. The van der Waals surface area contributed by atoms with Gasteiger partial charge in [0.1, 0.15) is 82.6 Å². The van der Waals surface area contributed by atoms with Crippen LogP contribution in [0.25, 0.3) is 21.9 Å². The standard InChI is InChI=1S/C45H50O19/c1-20(11-7-13-22(3)44(59)64-45-42(58)40(56)37(53)31(19-46)63-45)9-5-6-10-21(2)12-8-14-23(4)60-32(50)18-30-36(52)39(55)41(57)43(62-30)33-27(49)17-29-34(38(33)54)35(51)24-15-25(47)26(48)16-28(24)61-29/h5-17,30-31,36-37,39-43,45-49,52-58H,18-19H2,1-4H3/b6-5+,11-7+,12-8+,20-9+,21-10+,22-13+,23-14?. The average Bonchev–Trinajstić information content (AvgIpc) is 3.23. The number of ether oxygens (including phenoxy) is 4. The number of aliphatic hydroxyl groups is 7. The van der Waals surface area contributed by atoms with Gasteiger partial charge in [0.15, 0.2) is 11.5 Å². The summed E-state index contributed by atoms with van der Waals surface area (Å²) in [5.41, 5.74) is -0.164. The molecule has 10 atom stereocenters. The Labute approximate surface area is 364 Å². The lowest BCUT2D eigenvalue weighted by Gasteiger charge is -2.40. The zero-order chi connectivity index (χ0) is 47.2. The van der Waals surface area contributed by atoms with Gasteiger partial charge in [-0.2, -0.15) is 0 Å². The number of phenolic OH excluding ortho intramolecular Hbond substituents is 4. The maximum atomic E-state index is 13.3. The maximum Gasteiger partial charge on any atom is 0.336 e. The second kappa shape index (κ2) is 21.0. The Morgan fingerprint density at radius 3 is 1.89 bits per heavy atom. The fourth-order valence-electron chi connectivity index (χ4n) is 6.71. The van der Waals surface area contributed by atoms with E-state index in [-0.39, 0.29) is 27.9 Å². The summed E-state index contributed by atoms with van der Waals surface area (Å²) >= 11 is 0. The molecule has 0 saturated carbocycles. The molecule has 11 N–H and O–H groups in total. The number of rotatable bonds is 13. The molecule has 5 rings (SSSR count). The summed E-state index contributed by atoms with van der Waals surface area (Å²) in [5.74, 6) is -4.48. The van der Waals surface area contributed by atoms with E-state index in [2.05, 4.69) is 0 Å². The number of carbonyl (C=O) groups is 2. The third-order valence-electron chi connectivity index (χ3n) is 10.3. The summed E-state index contributed by atoms with van der Waals surface area (Å²) in [7, 11) is 0. The van der Waals surface area contributed by atoms with Crippen LogP contribution in [0.3, 0.4) is 0 Å². The highest BCUT2D eigenvalue weighted by atomic mass is 16.7. The molecule has 3 heterocycles. The fourth-order valence-corrected chi connectivity index (χ4v) is 6.71. The molecule has 10 unspecified atom stereocenters. The van der Waals surface area contributed by atoms with Gasteiger partial charge in [0.2, 0.25) is 11.7 Å². The molecule has 2 fully saturated rings. The highest BCUT2D eigenvalue weighted by molar-refractivity contribution is 5.96. The molecule has 2 aromatic carbocycles. The second-order valence-electron chi connectivity index (χ2n) is 15.2. The average molecular weight is 895 g/mol. The van der Waals surface area contributed by atoms with Crippen molar-refractivity contribution in [2.45, 2.75) is 95.3 Å². The van der Waals surface area contributed by atoms with E-state index in [1.807, 2.05) is 13.8 Å². The van der Waals surface area contributed by atoms with E-state index >= 15 is 0 Å². The molecule has 2 saturated heterocycles. The number of hydrogen-bond donors (Lipinski definition) is 11. The smallest absolute Gasteiger partial charge is 0.336 e. The van der Waals surface area contributed by atoms with E-state index in [1.54, 1.807) is 48.6 Å². The van der Waals surface area contributed by atoms with Crippen LogP contribution in [-0.4, -0.2) is 130 Å². The van der Waals surface area contributed by atoms with Crippen molar-refractivity contribution >= 4 is 33.9 Å². The van der Waals surface area contributed by atoms with Crippen molar-refractivity contribution in [3.05, 3.63) is 117 Å². The topological polar surface area (TPSA) is 324 Å². The number of esters is 2. The molecule has 1 aromatic heterocycles. The van der Waals surface area contributed by atoms with Crippen molar-refractivity contribution < 1.29 is 89.1 Å². The molecule has 0 spiro atoms. The molecule has 2 aliphatic heterocycles. The van der Waals surface area contributed by atoms with Crippen LogP contribution in [0.2, 0.25) is 0 Å². The Morgan fingerprint density at radius 1 is 0.672 bits per heavy atom. The van der Waals surface area contributed by atoms with Crippen LogP contribution in [0.4, 0.5) is 0 Å². The SMILES string of the molecule is CC(=C/C=C/C(C)=C/C=C/C=C(C)/C=C/C=C(\C)C(=O)OC1OC(CO)C(O)C(O)C1O)OC(=O)CC1OC(c2c(O)cc3oc4cc(O)c(O)cc4c(=O)c3c2O)C(O)C(O)C1O. The van der Waals surface area contributed by atoms with Gasteiger partial charge in [0, 0.05) is 17.7 Å². The third kappa shape index (κ3) is 11.1. The highest BCUT2D eigenvalue weighted by Gasteiger charge is 2.48. The van der Waals surface area contributed by atoms with Crippen molar-refractivity contribution in [1.29, 1.82) is 0 Å². The van der Waals surface area contributed by atoms with Crippen LogP contribution < -0.4 is 5.43 Å². The number of aliphatic hydroxyl groups excluding tert-OH is 7. The van der Waals surface area contributed by atoms with Gasteiger partial charge in [-0.05, 0) is 39.8 Å². The van der Waals surface area contributed by atoms with E-state index in [4.69, 9.17) is 23.4 Å². The molecule has 0 amide bonds. The lowest BCUT2D eigenvalue weighted by atomic mass is 9.88. The number of allylic oxidation sites excluding steroid dienone is 13. The van der Waals surface area contributed by atoms with Crippen LogP contribution in [0.5, 0.6) is 23.0 Å². The normalized spacial score (nSPS) is 27.6. The Hall–Kier alpha value is -6.13. The van der Waals surface area contributed by atoms with Gasteiger partial charge in [-0.25, -0.2) is 4.79 Å². The molecule has 0 bridgehead atoms. The summed E-state index contributed by atoms with van der Waals surface area (Å²) in [5, 5.41) is 112. The molecule has 0 aliphatic carbocycles.